The molecule has 1 saturated heterocycles. The number of nitrogens with zero attached hydrogens (tertiary/aromatic N) is 1. The molecule has 6 rings (SSSR count). The number of likely N-dealkylation sites (tertiary alicyclic amines) is 1. The SMILES string of the molecule is COc1ccccc1CN1C(=O)C(=O)/C(=C(/O)c2ccc3c(c2)OCO3)C1c1c[nH]c2ccccc12. The Hall–Kier alpha value is -4.72. The Balaban J connectivity index is 1.53. The summed E-state index contributed by atoms with van der Waals surface area (Å²) in [4.78, 5) is 31.6. The van der Waals surface area contributed by atoms with E-state index in [0.29, 0.717) is 28.4 Å². The van der Waals surface area contributed by atoms with Crippen molar-refractivity contribution in [3.63, 3.8) is 0 Å². The van der Waals surface area contributed by atoms with E-state index in [9.17, 15) is 14.7 Å². The number of nitrogens with one attached hydrogen (secondary N) is 1. The number of carbonyl (C=O) groups is 2. The summed E-state index contributed by atoms with van der Waals surface area (Å²) >= 11 is 0. The number of amides is 1. The monoisotopic (exact) mass is 482 g/mol. The molecule has 8 nitrogen and oxygen atoms in total. The number of aliphatic hydroxyl groups is 1. The second kappa shape index (κ2) is 8.49. The highest BCUT2D eigenvalue weighted by atomic mass is 16.7. The number of hydrogen-bond donors (Lipinski definition) is 2. The summed E-state index contributed by atoms with van der Waals surface area (Å²) in [5, 5.41) is 12.3. The Labute approximate surface area is 206 Å². The minimum atomic E-state index is -0.823. The molecule has 4 aromatic rings. The maximum absolute atomic E-state index is 13.4. The Bertz CT molecular complexity index is 1550. The Morgan fingerprint density at radius 1 is 1.06 bits per heavy atom. The van der Waals surface area contributed by atoms with Crippen LogP contribution in [0.3, 0.4) is 0 Å². The van der Waals surface area contributed by atoms with Crippen LogP contribution in [0.5, 0.6) is 17.2 Å². The molecular formula is C28H22N2O6. The molecule has 3 heterocycles. The number of aromatic amines is 1. The number of carbonyl (C=O) groups excluding carboxylic acids is 2. The highest BCUT2D eigenvalue weighted by Crippen LogP contribution is 2.44. The van der Waals surface area contributed by atoms with Crippen molar-refractivity contribution < 1.29 is 28.9 Å². The van der Waals surface area contributed by atoms with Gasteiger partial charge in [0.2, 0.25) is 6.79 Å². The molecule has 2 aliphatic heterocycles. The van der Waals surface area contributed by atoms with Crippen LogP contribution < -0.4 is 14.2 Å². The molecule has 180 valence electrons. The van der Waals surface area contributed by atoms with Crippen molar-refractivity contribution in [2.45, 2.75) is 12.6 Å². The molecule has 8 heteroatoms. The fourth-order valence-electron chi connectivity index (χ4n) is 4.90. The second-order valence-corrected chi connectivity index (χ2v) is 8.60. The lowest BCUT2D eigenvalue weighted by molar-refractivity contribution is -0.140. The largest absolute Gasteiger partial charge is 0.507 e. The number of para-hydroxylation sites is 2. The van der Waals surface area contributed by atoms with Crippen molar-refractivity contribution >= 4 is 28.4 Å². The number of fused-ring (bicyclic) bond motifs is 2. The third-order valence-electron chi connectivity index (χ3n) is 6.64. The topological polar surface area (TPSA) is 101 Å². The van der Waals surface area contributed by atoms with Crippen molar-refractivity contribution in [2.24, 2.45) is 0 Å². The fraction of sp³-hybridized carbons (Fsp3) is 0.143. The van der Waals surface area contributed by atoms with Gasteiger partial charge in [0.25, 0.3) is 11.7 Å². The van der Waals surface area contributed by atoms with Gasteiger partial charge in [-0.15, -0.1) is 0 Å². The van der Waals surface area contributed by atoms with Crippen LogP contribution in [0, 0.1) is 0 Å². The number of methoxy groups -OCH3 is 1. The van der Waals surface area contributed by atoms with Gasteiger partial charge in [-0.3, -0.25) is 9.59 Å². The molecule has 1 amide bonds. The van der Waals surface area contributed by atoms with Crippen LogP contribution >= 0.6 is 0 Å². The van der Waals surface area contributed by atoms with E-state index in [1.54, 1.807) is 37.6 Å². The average molecular weight is 482 g/mol. The predicted octanol–water partition coefficient (Wildman–Crippen LogP) is 4.53. The molecule has 0 aliphatic carbocycles. The van der Waals surface area contributed by atoms with Crippen LogP contribution in [0.4, 0.5) is 0 Å². The Kier molecular flexibility index (Phi) is 5.14. The normalized spacial score (nSPS) is 18.2. The zero-order valence-electron chi connectivity index (χ0n) is 19.4. The van der Waals surface area contributed by atoms with Gasteiger partial charge in [0.15, 0.2) is 11.5 Å². The first-order valence-electron chi connectivity index (χ1n) is 11.4. The van der Waals surface area contributed by atoms with Gasteiger partial charge in [0.05, 0.1) is 25.3 Å². The Morgan fingerprint density at radius 2 is 1.83 bits per heavy atom. The predicted molar refractivity (Wildman–Crippen MR) is 132 cm³/mol. The molecule has 3 aromatic carbocycles. The van der Waals surface area contributed by atoms with E-state index in [0.717, 1.165) is 16.5 Å². The van der Waals surface area contributed by atoms with E-state index in [1.165, 1.54) is 4.90 Å². The highest BCUT2D eigenvalue weighted by molar-refractivity contribution is 6.46. The summed E-state index contributed by atoms with van der Waals surface area (Å²) in [5.41, 5.74) is 2.69. The van der Waals surface area contributed by atoms with E-state index < -0.39 is 17.7 Å². The number of hydrogen-bond acceptors (Lipinski definition) is 6. The van der Waals surface area contributed by atoms with Crippen LogP contribution in [0.2, 0.25) is 0 Å². The number of ketones is 1. The lowest BCUT2D eigenvalue weighted by Crippen LogP contribution is -2.29. The van der Waals surface area contributed by atoms with E-state index in [1.807, 2.05) is 42.5 Å². The average Bonchev–Trinajstić information content (AvgIpc) is 3.61. The van der Waals surface area contributed by atoms with E-state index in [2.05, 4.69) is 4.98 Å². The van der Waals surface area contributed by atoms with Crippen molar-refractivity contribution in [3.8, 4) is 17.2 Å². The van der Waals surface area contributed by atoms with Crippen molar-refractivity contribution in [1.82, 2.24) is 9.88 Å². The summed E-state index contributed by atoms with van der Waals surface area (Å²) < 4.78 is 16.3. The maximum Gasteiger partial charge on any atom is 0.295 e. The number of aliphatic hydroxyl groups excluding tert-OH is 1. The minimum Gasteiger partial charge on any atom is -0.507 e. The summed E-state index contributed by atoms with van der Waals surface area (Å²) in [7, 11) is 1.56. The zero-order valence-corrected chi connectivity index (χ0v) is 19.4. The molecule has 1 unspecified atom stereocenters. The second-order valence-electron chi connectivity index (χ2n) is 8.60. The lowest BCUT2D eigenvalue weighted by Gasteiger charge is -2.25. The first kappa shape index (κ1) is 21.8. The van der Waals surface area contributed by atoms with Crippen LogP contribution in [0.1, 0.15) is 22.7 Å². The van der Waals surface area contributed by atoms with Crippen LogP contribution in [-0.4, -0.2) is 40.6 Å². The van der Waals surface area contributed by atoms with E-state index >= 15 is 0 Å². The van der Waals surface area contributed by atoms with Gasteiger partial charge in [0.1, 0.15) is 11.5 Å². The fourth-order valence-corrected chi connectivity index (χ4v) is 4.90. The molecule has 36 heavy (non-hydrogen) atoms. The molecule has 2 aliphatic rings. The van der Waals surface area contributed by atoms with Gasteiger partial charge in [-0.25, -0.2) is 0 Å². The first-order valence-corrected chi connectivity index (χ1v) is 11.4. The van der Waals surface area contributed by atoms with E-state index in [4.69, 9.17) is 14.2 Å². The van der Waals surface area contributed by atoms with Gasteiger partial charge < -0.3 is 29.2 Å². The van der Waals surface area contributed by atoms with Gasteiger partial charge in [-0.1, -0.05) is 36.4 Å². The Morgan fingerprint density at radius 3 is 2.69 bits per heavy atom. The molecule has 1 fully saturated rings. The number of H-pyrrole nitrogens is 1. The standard InChI is InChI=1S/C28H22N2O6/c1-34-21-9-5-2-6-17(21)14-30-25(19-13-29-20-8-4-3-7-18(19)20)24(27(32)28(30)33)26(31)16-10-11-22-23(12-16)36-15-35-22/h2-13,25,29,31H,14-15H2,1H3/b26-24+. The quantitative estimate of drug-likeness (QED) is 0.246. The smallest absolute Gasteiger partial charge is 0.295 e. The number of ether oxygens (including phenoxy) is 3. The minimum absolute atomic E-state index is 0.0125. The van der Waals surface area contributed by atoms with Crippen molar-refractivity contribution in [2.75, 3.05) is 13.9 Å². The number of benzene rings is 3. The van der Waals surface area contributed by atoms with E-state index in [-0.39, 0.29) is 24.7 Å². The molecule has 0 radical (unpaired) electrons. The highest BCUT2D eigenvalue weighted by Gasteiger charge is 2.47. The van der Waals surface area contributed by atoms with Crippen LogP contribution in [0.15, 0.2) is 78.5 Å². The maximum atomic E-state index is 13.4. The lowest BCUT2D eigenvalue weighted by atomic mass is 9.94. The van der Waals surface area contributed by atoms with Crippen molar-refractivity contribution in [1.29, 1.82) is 0 Å². The number of Topliss-reactive ketones (excluding diaryl/α,β-unsaturated/α-hetero) is 1. The third kappa shape index (κ3) is 3.38. The zero-order chi connectivity index (χ0) is 24.8. The molecule has 1 aromatic heterocycles. The van der Waals surface area contributed by atoms with Gasteiger partial charge in [0, 0.05) is 33.8 Å². The summed E-state index contributed by atoms with van der Waals surface area (Å²) in [6, 6.07) is 19.1. The summed E-state index contributed by atoms with van der Waals surface area (Å²) in [6.45, 7) is 0.203. The number of aromatic nitrogens is 1. The van der Waals surface area contributed by atoms with Gasteiger partial charge in [-0.2, -0.15) is 0 Å². The summed E-state index contributed by atoms with van der Waals surface area (Å²) in [5.74, 6) is -0.103. The van der Waals surface area contributed by atoms with Gasteiger partial charge in [-0.05, 0) is 30.3 Å². The number of rotatable bonds is 5. The molecule has 0 saturated carbocycles. The molecule has 2 N–H and O–H groups in total. The van der Waals surface area contributed by atoms with Crippen molar-refractivity contribution in [3.05, 3.63) is 95.2 Å². The molecular weight excluding hydrogens is 460 g/mol. The first-order chi connectivity index (χ1) is 17.6. The third-order valence-corrected chi connectivity index (χ3v) is 6.64. The molecule has 1 atom stereocenters. The van der Waals surface area contributed by atoms with Gasteiger partial charge >= 0.3 is 0 Å². The van der Waals surface area contributed by atoms with Crippen LogP contribution in [0.25, 0.3) is 16.7 Å². The summed E-state index contributed by atoms with van der Waals surface area (Å²) in [6.07, 6.45) is 1.78. The van der Waals surface area contributed by atoms with Crippen LogP contribution in [-0.2, 0) is 16.1 Å². The molecule has 0 bridgehead atoms. The molecule has 0 spiro atoms.